The van der Waals surface area contributed by atoms with Gasteiger partial charge in [-0.1, -0.05) is 18.2 Å². The van der Waals surface area contributed by atoms with Crippen molar-refractivity contribution in [2.75, 3.05) is 7.11 Å². The standard InChI is InChI=1S/C12H15NO3/c1-16-12(15)10-7-6-9(13-10)8-4-2-3-5-11(8)14/h2-5,9-10,13-14H,6-7H2,1H3. The number of benzene rings is 1. The molecule has 1 aliphatic rings. The van der Waals surface area contributed by atoms with Gasteiger partial charge in [0, 0.05) is 11.6 Å². The van der Waals surface area contributed by atoms with E-state index in [0.717, 1.165) is 18.4 Å². The molecule has 2 rings (SSSR count). The van der Waals surface area contributed by atoms with Crippen LogP contribution in [0.15, 0.2) is 24.3 Å². The Morgan fingerprint density at radius 2 is 2.19 bits per heavy atom. The van der Waals surface area contributed by atoms with Crippen LogP contribution in [0.2, 0.25) is 0 Å². The molecular weight excluding hydrogens is 206 g/mol. The molecular formula is C12H15NO3. The summed E-state index contributed by atoms with van der Waals surface area (Å²) < 4.78 is 4.68. The lowest BCUT2D eigenvalue weighted by Gasteiger charge is -2.14. The highest BCUT2D eigenvalue weighted by Crippen LogP contribution is 2.32. The van der Waals surface area contributed by atoms with Crippen LogP contribution in [0.4, 0.5) is 0 Å². The molecule has 4 nitrogen and oxygen atoms in total. The van der Waals surface area contributed by atoms with Crippen molar-refractivity contribution in [1.82, 2.24) is 5.32 Å². The number of para-hydroxylation sites is 1. The number of aromatic hydroxyl groups is 1. The van der Waals surface area contributed by atoms with E-state index in [1.165, 1.54) is 7.11 Å². The predicted octanol–water partition coefficient (Wildman–Crippen LogP) is 1.36. The van der Waals surface area contributed by atoms with Crippen LogP contribution in [0, 0.1) is 0 Å². The van der Waals surface area contributed by atoms with Gasteiger partial charge in [-0.25, -0.2) is 0 Å². The summed E-state index contributed by atoms with van der Waals surface area (Å²) in [6.45, 7) is 0. The van der Waals surface area contributed by atoms with Crippen LogP contribution in [0.25, 0.3) is 0 Å². The molecule has 0 aromatic heterocycles. The molecule has 1 heterocycles. The fraction of sp³-hybridized carbons (Fsp3) is 0.417. The molecule has 0 radical (unpaired) electrons. The van der Waals surface area contributed by atoms with E-state index in [2.05, 4.69) is 10.1 Å². The number of esters is 1. The van der Waals surface area contributed by atoms with E-state index in [9.17, 15) is 9.90 Å². The molecule has 0 saturated carbocycles. The summed E-state index contributed by atoms with van der Waals surface area (Å²) in [5.41, 5.74) is 0.842. The summed E-state index contributed by atoms with van der Waals surface area (Å²) in [6.07, 6.45) is 1.57. The van der Waals surface area contributed by atoms with Gasteiger partial charge in [-0.3, -0.25) is 10.1 Å². The van der Waals surface area contributed by atoms with Crippen LogP contribution in [-0.2, 0) is 9.53 Å². The summed E-state index contributed by atoms with van der Waals surface area (Å²) in [5, 5.41) is 12.9. The highest BCUT2D eigenvalue weighted by atomic mass is 16.5. The molecule has 4 heteroatoms. The van der Waals surface area contributed by atoms with Crippen molar-refractivity contribution in [2.24, 2.45) is 0 Å². The fourth-order valence-electron chi connectivity index (χ4n) is 2.10. The summed E-state index contributed by atoms with van der Waals surface area (Å²) in [6, 6.07) is 6.96. The predicted molar refractivity (Wildman–Crippen MR) is 59.0 cm³/mol. The van der Waals surface area contributed by atoms with Crippen molar-refractivity contribution in [3.05, 3.63) is 29.8 Å². The normalized spacial score (nSPS) is 24.3. The minimum absolute atomic E-state index is 0.0327. The Balaban J connectivity index is 2.09. The molecule has 16 heavy (non-hydrogen) atoms. The van der Waals surface area contributed by atoms with Gasteiger partial charge >= 0.3 is 5.97 Å². The lowest BCUT2D eigenvalue weighted by Crippen LogP contribution is -2.33. The number of phenols is 1. The molecule has 1 saturated heterocycles. The zero-order chi connectivity index (χ0) is 11.5. The first-order valence-electron chi connectivity index (χ1n) is 5.34. The summed E-state index contributed by atoms with van der Waals surface area (Å²) >= 11 is 0. The Labute approximate surface area is 94.2 Å². The van der Waals surface area contributed by atoms with Crippen molar-refractivity contribution in [2.45, 2.75) is 24.9 Å². The van der Waals surface area contributed by atoms with Crippen molar-refractivity contribution < 1.29 is 14.6 Å². The van der Waals surface area contributed by atoms with Crippen LogP contribution < -0.4 is 5.32 Å². The maximum absolute atomic E-state index is 11.3. The van der Waals surface area contributed by atoms with Crippen molar-refractivity contribution in [3.8, 4) is 5.75 Å². The largest absolute Gasteiger partial charge is 0.508 e. The Bertz CT molecular complexity index is 392. The number of rotatable bonds is 2. The first-order valence-corrected chi connectivity index (χ1v) is 5.34. The molecule has 2 atom stereocenters. The van der Waals surface area contributed by atoms with Gasteiger partial charge in [0.15, 0.2) is 0 Å². The van der Waals surface area contributed by atoms with Gasteiger partial charge in [0.1, 0.15) is 11.8 Å². The molecule has 86 valence electrons. The molecule has 1 aromatic rings. The fourth-order valence-corrected chi connectivity index (χ4v) is 2.10. The van der Waals surface area contributed by atoms with Gasteiger partial charge in [0.05, 0.1) is 7.11 Å². The third-order valence-electron chi connectivity index (χ3n) is 2.94. The highest BCUT2D eigenvalue weighted by molar-refractivity contribution is 5.76. The maximum Gasteiger partial charge on any atom is 0.322 e. The van der Waals surface area contributed by atoms with Gasteiger partial charge in [-0.2, -0.15) is 0 Å². The highest BCUT2D eigenvalue weighted by Gasteiger charge is 2.31. The smallest absolute Gasteiger partial charge is 0.322 e. The van der Waals surface area contributed by atoms with Gasteiger partial charge < -0.3 is 9.84 Å². The van der Waals surface area contributed by atoms with E-state index in [-0.39, 0.29) is 23.8 Å². The molecule has 2 N–H and O–H groups in total. The maximum atomic E-state index is 11.3. The van der Waals surface area contributed by atoms with Crippen LogP contribution in [0.3, 0.4) is 0 Å². The van der Waals surface area contributed by atoms with Crippen LogP contribution in [-0.4, -0.2) is 24.2 Å². The third-order valence-corrected chi connectivity index (χ3v) is 2.94. The van der Waals surface area contributed by atoms with E-state index in [4.69, 9.17) is 0 Å². The first-order chi connectivity index (χ1) is 7.72. The average Bonchev–Trinajstić information content (AvgIpc) is 2.78. The minimum Gasteiger partial charge on any atom is -0.508 e. The molecule has 0 spiro atoms. The van der Waals surface area contributed by atoms with E-state index < -0.39 is 0 Å². The van der Waals surface area contributed by atoms with E-state index in [1.807, 2.05) is 12.1 Å². The quantitative estimate of drug-likeness (QED) is 0.740. The summed E-state index contributed by atoms with van der Waals surface area (Å²) in [5.74, 6) is 0.0310. The number of phenolic OH excluding ortho intramolecular Hbond substituents is 1. The number of hydrogen-bond donors (Lipinski definition) is 2. The number of hydrogen-bond acceptors (Lipinski definition) is 4. The summed E-state index contributed by atoms with van der Waals surface area (Å²) in [7, 11) is 1.39. The van der Waals surface area contributed by atoms with Crippen LogP contribution in [0.1, 0.15) is 24.4 Å². The second-order valence-electron chi connectivity index (χ2n) is 3.93. The Morgan fingerprint density at radius 3 is 2.88 bits per heavy atom. The molecule has 2 unspecified atom stereocenters. The number of carbonyl (C=O) groups is 1. The SMILES string of the molecule is COC(=O)C1CCC(c2ccccc2O)N1. The Morgan fingerprint density at radius 1 is 1.44 bits per heavy atom. The number of carbonyl (C=O) groups excluding carboxylic acids is 1. The number of methoxy groups -OCH3 is 1. The molecule has 0 bridgehead atoms. The topological polar surface area (TPSA) is 58.6 Å². The molecule has 0 aliphatic carbocycles. The van der Waals surface area contributed by atoms with Crippen molar-refractivity contribution >= 4 is 5.97 Å². The van der Waals surface area contributed by atoms with Crippen LogP contribution >= 0.6 is 0 Å². The molecule has 1 aromatic carbocycles. The summed E-state index contributed by atoms with van der Waals surface area (Å²) in [4.78, 5) is 11.3. The van der Waals surface area contributed by atoms with Gasteiger partial charge in [0.25, 0.3) is 0 Å². The van der Waals surface area contributed by atoms with Gasteiger partial charge in [-0.05, 0) is 18.9 Å². The van der Waals surface area contributed by atoms with Gasteiger partial charge in [-0.15, -0.1) is 0 Å². The average molecular weight is 221 g/mol. The molecule has 1 fully saturated rings. The first kappa shape index (κ1) is 11.0. The zero-order valence-corrected chi connectivity index (χ0v) is 9.14. The number of nitrogens with one attached hydrogen (secondary N) is 1. The minimum atomic E-state index is -0.255. The van der Waals surface area contributed by atoms with Crippen LogP contribution in [0.5, 0.6) is 5.75 Å². The second kappa shape index (κ2) is 4.53. The zero-order valence-electron chi connectivity index (χ0n) is 9.14. The van der Waals surface area contributed by atoms with Crippen molar-refractivity contribution in [1.29, 1.82) is 0 Å². The monoisotopic (exact) mass is 221 g/mol. The van der Waals surface area contributed by atoms with Gasteiger partial charge in [0.2, 0.25) is 0 Å². The number of ether oxygens (including phenoxy) is 1. The third kappa shape index (κ3) is 2.02. The van der Waals surface area contributed by atoms with E-state index in [0.29, 0.717) is 0 Å². The lowest BCUT2D eigenvalue weighted by atomic mass is 10.0. The molecule has 1 aliphatic heterocycles. The molecule has 0 amide bonds. The Kier molecular flexibility index (Phi) is 3.10. The lowest BCUT2D eigenvalue weighted by molar-refractivity contribution is -0.142. The Hall–Kier alpha value is -1.55. The second-order valence-corrected chi connectivity index (χ2v) is 3.93. The van der Waals surface area contributed by atoms with Crippen molar-refractivity contribution in [3.63, 3.8) is 0 Å². The van der Waals surface area contributed by atoms with E-state index >= 15 is 0 Å². The van der Waals surface area contributed by atoms with E-state index in [1.54, 1.807) is 12.1 Å².